The maximum Gasteiger partial charge on any atom is 0.420 e. The number of nitrogens with zero attached hydrogens (tertiary/aromatic N) is 1. The van der Waals surface area contributed by atoms with Gasteiger partial charge in [0.05, 0.1) is 7.11 Å². The molecular formula is C14H16F3NO2. The molecule has 20 heavy (non-hydrogen) atoms. The Morgan fingerprint density at radius 3 is 2.45 bits per heavy atom. The second-order valence-corrected chi connectivity index (χ2v) is 4.63. The third-order valence-corrected chi connectivity index (χ3v) is 3.61. The van der Waals surface area contributed by atoms with Crippen molar-refractivity contribution in [2.24, 2.45) is 7.05 Å². The third kappa shape index (κ3) is 2.14. The molecule has 1 aromatic heterocycles. The first-order valence-electron chi connectivity index (χ1n) is 6.15. The molecule has 0 aliphatic heterocycles. The van der Waals surface area contributed by atoms with Crippen LogP contribution in [0.25, 0.3) is 10.9 Å². The lowest BCUT2D eigenvalue weighted by molar-refractivity contribution is -0.137. The molecule has 0 aliphatic carbocycles. The molecule has 3 nitrogen and oxygen atoms in total. The van der Waals surface area contributed by atoms with Gasteiger partial charge >= 0.3 is 6.18 Å². The summed E-state index contributed by atoms with van der Waals surface area (Å²) >= 11 is 0. The number of hydrogen-bond donors (Lipinski definition) is 1. The Balaban J connectivity index is 2.95. The van der Waals surface area contributed by atoms with E-state index in [2.05, 4.69) is 0 Å². The molecule has 0 saturated heterocycles. The molecule has 0 amide bonds. The molecule has 0 saturated carbocycles. The largest absolute Gasteiger partial charge is 0.496 e. The maximum absolute atomic E-state index is 13.4. The summed E-state index contributed by atoms with van der Waals surface area (Å²) in [4.78, 5) is 0. The first kappa shape index (κ1) is 14.7. The number of alkyl halides is 3. The Hall–Kier alpha value is -1.69. The SMILES string of the molecule is COc1ccc2c(c(CCO)c(C)n2C)c1C(F)(F)F. The zero-order valence-corrected chi connectivity index (χ0v) is 11.5. The highest BCUT2D eigenvalue weighted by molar-refractivity contribution is 5.91. The molecule has 0 unspecified atom stereocenters. The zero-order valence-electron chi connectivity index (χ0n) is 11.5. The molecule has 1 aromatic carbocycles. The molecular weight excluding hydrogens is 271 g/mol. The summed E-state index contributed by atoms with van der Waals surface area (Å²) in [5.74, 6) is -0.199. The van der Waals surface area contributed by atoms with E-state index in [4.69, 9.17) is 9.84 Å². The molecule has 1 heterocycles. The molecule has 1 N–H and O–H groups in total. The smallest absolute Gasteiger partial charge is 0.420 e. The number of methoxy groups -OCH3 is 1. The molecule has 110 valence electrons. The average molecular weight is 287 g/mol. The van der Waals surface area contributed by atoms with Gasteiger partial charge < -0.3 is 14.4 Å². The van der Waals surface area contributed by atoms with Crippen LogP contribution in [0.15, 0.2) is 12.1 Å². The lowest BCUT2D eigenvalue weighted by atomic mass is 10.0. The van der Waals surface area contributed by atoms with Gasteiger partial charge in [-0.3, -0.25) is 0 Å². The fraction of sp³-hybridized carbons (Fsp3) is 0.429. The number of benzene rings is 1. The molecule has 2 aromatic rings. The van der Waals surface area contributed by atoms with Crippen molar-refractivity contribution in [3.8, 4) is 5.75 Å². The number of halogens is 3. The number of aromatic nitrogens is 1. The monoisotopic (exact) mass is 287 g/mol. The first-order valence-corrected chi connectivity index (χ1v) is 6.15. The van der Waals surface area contributed by atoms with Gasteiger partial charge in [0.25, 0.3) is 0 Å². The van der Waals surface area contributed by atoms with Crippen molar-refractivity contribution in [1.82, 2.24) is 4.57 Å². The number of fused-ring (bicyclic) bond motifs is 1. The van der Waals surface area contributed by atoms with E-state index in [0.717, 1.165) is 0 Å². The van der Waals surface area contributed by atoms with Crippen LogP contribution in [-0.2, 0) is 19.6 Å². The maximum atomic E-state index is 13.4. The number of aliphatic hydroxyl groups excluding tert-OH is 1. The van der Waals surface area contributed by atoms with E-state index in [1.165, 1.54) is 13.2 Å². The third-order valence-electron chi connectivity index (χ3n) is 3.61. The topological polar surface area (TPSA) is 34.4 Å². The second-order valence-electron chi connectivity index (χ2n) is 4.63. The number of hydrogen-bond acceptors (Lipinski definition) is 2. The summed E-state index contributed by atoms with van der Waals surface area (Å²) in [5.41, 5.74) is 0.938. The van der Waals surface area contributed by atoms with Gasteiger partial charge in [0.1, 0.15) is 11.3 Å². The minimum atomic E-state index is -4.51. The minimum absolute atomic E-state index is 0.117. The Kier molecular flexibility index (Phi) is 3.69. The van der Waals surface area contributed by atoms with E-state index in [0.29, 0.717) is 16.8 Å². The predicted molar refractivity (Wildman–Crippen MR) is 70.0 cm³/mol. The van der Waals surface area contributed by atoms with E-state index in [1.807, 2.05) is 0 Å². The van der Waals surface area contributed by atoms with Gasteiger partial charge in [-0.15, -0.1) is 0 Å². The van der Waals surface area contributed by atoms with E-state index in [1.54, 1.807) is 24.6 Å². The minimum Gasteiger partial charge on any atom is -0.496 e. The Bertz CT molecular complexity index is 644. The number of ether oxygens (including phenoxy) is 1. The lowest BCUT2D eigenvalue weighted by Crippen LogP contribution is -2.09. The number of aliphatic hydroxyl groups is 1. The summed E-state index contributed by atoms with van der Waals surface area (Å²) in [5, 5.41) is 9.23. The van der Waals surface area contributed by atoms with Crippen LogP contribution in [0.1, 0.15) is 16.8 Å². The van der Waals surface area contributed by atoms with Crippen LogP contribution in [-0.4, -0.2) is 23.4 Å². The predicted octanol–water partition coefficient (Wildman–Crippen LogP) is 3.05. The van der Waals surface area contributed by atoms with Gasteiger partial charge in [0.15, 0.2) is 0 Å². The number of aryl methyl sites for hydroxylation is 1. The van der Waals surface area contributed by atoms with Crippen molar-refractivity contribution in [2.75, 3.05) is 13.7 Å². The quantitative estimate of drug-likeness (QED) is 0.941. The van der Waals surface area contributed by atoms with E-state index in [-0.39, 0.29) is 24.2 Å². The van der Waals surface area contributed by atoms with Crippen LogP contribution >= 0.6 is 0 Å². The van der Waals surface area contributed by atoms with Crippen LogP contribution < -0.4 is 4.74 Å². The summed E-state index contributed by atoms with van der Waals surface area (Å²) in [6, 6.07) is 2.94. The molecule has 0 radical (unpaired) electrons. The van der Waals surface area contributed by atoms with Gasteiger partial charge in [-0.2, -0.15) is 13.2 Å². The van der Waals surface area contributed by atoms with Crippen LogP contribution in [0.4, 0.5) is 13.2 Å². The van der Waals surface area contributed by atoms with E-state index < -0.39 is 11.7 Å². The molecule has 6 heteroatoms. The van der Waals surface area contributed by atoms with Crippen molar-refractivity contribution in [3.63, 3.8) is 0 Å². The highest BCUT2D eigenvalue weighted by Crippen LogP contribution is 2.43. The Labute approximate surface area is 114 Å². The molecule has 0 fully saturated rings. The second kappa shape index (κ2) is 5.01. The molecule has 0 bridgehead atoms. The van der Waals surface area contributed by atoms with Crippen molar-refractivity contribution in [2.45, 2.75) is 19.5 Å². The Morgan fingerprint density at radius 1 is 1.30 bits per heavy atom. The van der Waals surface area contributed by atoms with Gasteiger partial charge in [-0.1, -0.05) is 0 Å². The standard InChI is InChI=1S/C14H16F3NO2/c1-8-9(6-7-19)12-10(18(8)2)4-5-11(20-3)13(12)14(15,16)17/h4-5,19H,6-7H2,1-3H3. The highest BCUT2D eigenvalue weighted by atomic mass is 19.4. The molecule has 0 aliphatic rings. The lowest BCUT2D eigenvalue weighted by Gasteiger charge is -2.14. The van der Waals surface area contributed by atoms with E-state index >= 15 is 0 Å². The van der Waals surface area contributed by atoms with Gasteiger partial charge in [-0.25, -0.2) is 0 Å². The van der Waals surface area contributed by atoms with Crippen molar-refractivity contribution in [3.05, 3.63) is 29.0 Å². The average Bonchev–Trinajstić information content (AvgIpc) is 2.62. The van der Waals surface area contributed by atoms with E-state index in [9.17, 15) is 13.2 Å². The first-order chi connectivity index (χ1) is 9.32. The van der Waals surface area contributed by atoms with Crippen LogP contribution in [0.3, 0.4) is 0 Å². The van der Waals surface area contributed by atoms with Gasteiger partial charge in [-0.05, 0) is 31.0 Å². The normalized spacial score (nSPS) is 12.2. The molecule has 0 atom stereocenters. The fourth-order valence-corrected chi connectivity index (χ4v) is 2.59. The van der Waals surface area contributed by atoms with Crippen molar-refractivity contribution in [1.29, 1.82) is 0 Å². The van der Waals surface area contributed by atoms with Crippen LogP contribution in [0.2, 0.25) is 0 Å². The fourth-order valence-electron chi connectivity index (χ4n) is 2.59. The van der Waals surface area contributed by atoms with Crippen molar-refractivity contribution < 1.29 is 23.0 Å². The molecule has 0 spiro atoms. The Morgan fingerprint density at radius 2 is 1.95 bits per heavy atom. The summed E-state index contributed by atoms with van der Waals surface area (Å²) in [6.45, 7) is 1.55. The zero-order chi connectivity index (χ0) is 15.1. The highest BCUT2D eigenvalue weighted by Gasteiger charge is 2.38. The van der Waals surface area contributed by atoms with Gasteiger partial charge in [0, 0.05) is 30.3 Å². The summed E-state index contributed by atoms with van der Waals surface area (Å²) in [7, 11) is 2.93. The molecule has 2 rings (SSSR count). The summed E-state index contributed by atoms with van der Waals surface area (Å²) in [6.07, 6.45) is -4.33. The van der Waals surface area contributed by atoms with Gasteiger partial charge in [0.2, 0.25) is 0 Å². The van der Waals surface area contributed by atoms with Crippen LogP contribution in [0.5, 0.6) is 5.75 Å². The van der Waals surface area contributed by atoms with Crippen molar-refractivity contribution >= 4 is 10.9 Å². The summed E-state index contributed by atoms with van der Waals surface area (Å²) < 4.78 is 46.7. The van der Waals surface area contributed by atoms with Crippen LogP contribution in [0, 0.1) is 6.92 Å². The number of rotatable bonds is 3.